The van der Waals surface area contributed by atoms with E-state index in [2.05, 4.69) is 12.2 Å². The molecule has 11 heavy (non-hydrogen) atoms. The summed E-state index contributed by atoms with van der Waals surface area (Å²) in [6.45, 7) is 5.57. The van der Waals surface area contributed by atoms with Crippen molar-refractivity contribution < 1.29 is 4.74 Å². The molecule has 0 aliphatic carbocycles. The number of piperidine rings is 1. The summed E-state index contributed by atoms with van der Waals surface area (Å²) in [5.41, 5.74) is 0.282. The molecule has 1 N–H and O–H groups in total. The molecule has 0 unspecified atom stereocenters. The van der Waals surface area contributed by atoms with Crippen molar-refractivity contribution in [2.24, 2.45) is 5.92 Å². The number of ether oxygens (including phenoxy) is 1. The van der Waals surface area contributed by atoms with Crippen LogP contribution in [0, 0.1) is 5.92 Å². The molecule has 0 amide bonds. The molecule has 2 aliphatic rings. The predicted molar refractivity (Wildman–Crippen MR) is 44.6 cm³/mol. The lowest BCUT2D eigenvalue weighted by atomic mass is 9.87. The van der Waals surface area contributed by atoms with Gasteiger partial charge in [0, 0.05) is 6.61 Å². The summed E-state index contributed by atoms with van der Waals surface area (Å²) < 4.78 is 5.85. The third-order valence-corrected chi connectivity index (χ3v) is 2.91. The summed E-state index contributed by atoms with van der Waals surface area (Å²) in [4.78, 5) is 0. The van der Waals surface area contributed by atoms with Crippen LogP contribution in [0.15, 0.2) is 0 Å². The van der Waals surface area contributed by atoms with Gasteiger partial charge in [-0.3, -0.25) is 0 Å². The van der Waals surface area contributed by atoms with Crippen molar-refractivity contribution in [1.29, 1.82) is 0 Å². The van der Waals surface area contributed by atoms with Crippen molar-refractivity contribution in [2.75, 3.05) is 19.7 Å². The monoisotopic (exact) mass is 155 g/mol. The van der Waals surface area contributed by atoms with Crippen molar-refractivity contribution in [2.45, 2.75) is 31.8 Å². The molecule has 1 spiro atoms. The Hall–Kier alpha value is -0.0800. The van der Waals surface area contributed by atoms with Crippen LogP contribution in [-0.2, 0) is 4.74 Å². The van der Waals surface area contributed by atoms with Gasteiger partial charge in [0.2, 0.25) is 0 Å². The van der Waals surface area contributed by atoms with Crippen molar-refractivity contribution in [1.82, 2.24) is 5.32 Å². The first kappa shape index (κ1) is 7.56. The molecule has 0 saturated carbocycles. The van der Waals surface area contributed by atoms with Crippen LogP contribution in [0.25, 0.3) is 0 Å². The highest BCUT2D eigenvalue weighted by Crippen LogP contribution is 2.36. The Labute approximate surface area is 68.3 Å². The largest absolute Gasteiger partial charge is 0.375 e. The minimum atomic E-state index is 0.282. The Morgan fingerprint density at radius 1 is 1.36 bits per heavy atom. The molecular weight excluding hydrogens is 138 g/mol. The normalized spacial score (nSPS) is 36.3. The average molecular weight is 155 g/mol. The Balaban J connectivity index is 1.98. The molecule has 64 valence electrons. The first-order chi connectivity index (χ1) is 5.31. The van der Waals surface area contributed by atoms with Crippen molar-refractivity contribution in [3.63, 3.8) is 0 Å². The lowest BCUT2D eigenvalue weighted by Crippen LogP contribution is -2.41. The molecule has 1 atom stereocenters. The van der Waals surface area contributed by atoms with Crippen LogP contribution in [0.1, 0.15) is 26.2 Å². The summed E-state index contributed by atoms with van der Waals surface area (Å²) in [5, 5.41) is 3.37. The van der Waals surface area contributed by atoms with Gasteiger partial charge in [-0.15, -0.1) is 0 Å². The quantitative estimate of drug-likeness (QED) is 0.567. The Kier molecular flexibility index (Phi) is 1.90. The van der Waals surface area contributed by atoms with Crippen LogP contribution >= 0.6 is 0 Å². The molecule has 2 fully saturated rings. The predicted octanol–water partition coefficient (Wildman–Crippen LogP) is 1.16. The van der Waals surface area contributed by atoms with Gasteiger partial charge in [-0.1, -0.05) is 6.92 Å². The standard InChI is InChI=1S/C9H17NO/c1-8-6-9(11-7-8)2-4-10-5-3-9/h8,10H,2-7H2,1H3/t8-/m0/s1. The van der Waals surface area contributed by atoms with Crippen LogP contribution in [0.5, 0.6) is 0 Å². The highest BCUT2D eigenvalue weighted by atomic mass is 16.5. The van der Waals surface area contributed by atoms with Crippen LogP contribution < -0.4 is 5.32 Å². The molecule has 0 radical (unpaired) electrons. The van der Waals surface area contributed by atoms with E-state index in [9.17, 15) is 0 Å². The van der Waals surface area contributed by atoms with E-state index in [4.69, 9.17) is 4.74 Å². The smallest absolute Gasteiger partial charge is 0.0710 e. The molecule has 2 nitrogen and oxygen atoms in total. The molecule has 2 heteroatoms. The number of hydrogen-bond acceptors (Lipinski definition) is 2. The molecule has 0 aromatic carbocycles. The van der Waals surface area contributed by atoms with Gasteiger partial charge in [0.15, 0.2) is 0 Å². The minimum absolute atomic E-state index is 0.282. The number of hydrogen-bond donors (Lipinski definition) is 1. The summed E-state index contributed by atoms with van der Waals surface area (Å²) >= 11 is 0. The SMILES string of the molecule is C[C@@H]1COC2(CCNCC2)C1. The van der Waals surface area contributed by atoms with E-state index in [0.29, 0.717) is 0 Å². The van der Waals surface area contributed by atoms with Crippen molar-refractivity contribution in [3.05, 3.63) is 0 Å². The first-order valence-electron chi connectivity index (χ1n) is 4.65. The molecule has 2 saturated heterocycles. The van der Waals surface area contributed by atoms with E-state index >= 15 is 0 Å². The Bertz CT molecular complexity index is 135. The zero-order valence-corrected chi connectivity index (χ0v) is 7.23. The van der Waals surface area contributed by atoms with Gasteiger partial charge in [-0.05, 0) is 38.3 Å². The maximum absolute atomic E-state index is 5.85. The van der Waals surface area contributed by atoms with E-state index < -0.39 is 0 Å². The van der Waals surface area contributed by atoms with Crippen LogP contribution in [0.3, 0.4) is 0 Å². The van der Waals surface area contributed by atoms with Gasteiger partial charge in [-0.2, -0.15) is 0 Å². The summed E-state index contributed by atoms with van der Waals surface area (Å²) in [6, 6.07) is 0. The van der Waals surface area contributed by atoms with Gasteiger partial charge in [0.25, 0.3) is 0 Å². The molecule has 0 aromatic rings. The molecule has 0 aromatic heterocycles. The fourth-order valence-corrected chi connectivity index (χ4v) is 2.30. The van der Waals surface area contributed by atoms with Gasteiger partial charge in [0.05, 0.1) is 5.60 Å². The van der Waals surface area contributed by atoms with Gasteiger partial charge in [0.1, 0.15) is 0 Å². The van der Waals surface area contributed by atoms with Crippen LogP contribution in [0.2, 0.25) is 0 Å². The molecule has 0 bridgehead atoms. The minimum Gasteiger partial charge on any atom is -0.375 e. The zero-order valence-electron chi connectivity index (χ0n) is 7.23. The van der Waals surface area contributed by atoms with Crippen molar-refractivity contribution >= 4 is 0 Å². The topological polar surface area (TPSA) is 21.3 Å². The number of rotatable bonds is 0. The third-order valence-electron chi connectivity index (χ3n) is 2.91. The lowest BCUT2D eigenvalue weighted by molar-refractivity contribution is -0.0195. The Morgan fingerprint density at radius 2 is 2.09 bits per heavy atom. The second kappa shape index (κ2) is 2.76. The van der Waals surface area contributed by atoms with E-state index in [1.165, 1.54) is 19.3 Å². The summed E-state index contributed by atoms with van der Waals surface area (Å²) in [7, 11) is 0. The highest BCUT2D eigenvalue weighted by Gasteiger charge is 2.39. The Morgan fingerprint density at radius 3 is 2.64 bits per heavy atom. The van der Waals surface area contributed by atoms with Gasteiger partial charge < -0.3 is 10.1 Å². The molecule has 2 heterocycles. The maximum atomic E-state index is 5.85. The van der Waals surface area contributed by atoms with Gasteiger partial charge >= 0.3 is 0 Å². The third kappa shape index (κ3) is 1.42. The molecule has 2 aliphatic heterocycles. The van der Waals surface area contributed by atoms with Crippen molar-refractivity contribution in [3.8, 4) is 0 Å². The fourth-order valence-electron chi connectivity index (χ4n) is 2.30. The van der Waals surface area contributed by atoms with E-state index in [1.807, 2.05) is 0 Å². The lowest BCUT2D eigenvalue weighted by Gasteiger charge is -2.32. The fraction of sp³-hybridized carbons (Fsp3) is 1.00. The summed E-state index contributed by atoms with van der Waals surface area (Å²) in [6.07, 6.45) is 3.73. The van der Waals surface area contributed by atoms with E-state index in [1.54, 1.807) is 0 Å². The summed E-state index contributed by atoms with van der Waals surface area (Å²) in [5.74, 6) is 0.785. The average Bonchev–Trinajstić information content (AvgIpc) is 2.34. The highest BCUT2D eigenvalue weighted by molar-refractivity contribution is 4.91. The second-order valence-corrected chi connectivity index (χ2v) is 4.05. The van der Waals surface area contributed by atoms with Crippen LogP contribution in [-0.4, -0.2) is 25.3 Å². The molecular formula is C9H17NO. The maximum Gasteiger partial charge on any atom is 0.0710 e. The zero-order chi connectivity index (χ0) is 7.73. The van der Waals surface area contributed by atoms with E-state index in [-0.39, 0.29) is 5.60 Å². The number of nitrogens with one attached hydrogen (secondary N) is 1. The molecule has 2 rings (SSSR count). The van der Waals surface area contributed by atoms with E-state index in [0.717, 1.165) is 25.6 Å². The van der Waals surface area contributed by atoms with Crippen LogP contribution in [0.4, 0.5) is 0 Å². The van der Waals surface area contributed by atoms with Gasteiger partial charge in [-0.25, -0.2) is 0 Å². The second-order valence-electron chi connectivity index (χ2n) is 4.05. The first-order valence-corrected chi connectivity index (χ1v) is 4.65.